The predicted molar refractivity (Wildman–Crippen MR) is 93.9 cm³/mol. The first-order valence-electron chi connectivity index (χ1n) is 7.93. The second kappa shape index (κ2) is 6.97. The Morgan fingerprint density at radius 2 is 2.05 bits per heavy atom. The number of thioether (sulfide) groups is 1. The van der Waals surface area contributed by atoms with Crippen LogP contribution in [-0.4, -0.2) is 22.8 Å². The lowest BCUT2D eigenvalue weighted by Gasteiger charge is -2.13. The van der Waals surface area contributed by atoms with Crippen LogP contribution in [0.2, 0.25) is 0 Å². The molecule has 0 radical (unpaired) electrons. The molecule has 0 bridgehead atoms. The lowest BCUT2D eigenvalue weighted by Crippen LogP contribution is -2.06. The van der Waals surface area contributed by atoms with Gasteiger partial charge in [-0.1, -0.05) is 31.5 Å². The zero-order valence-electron chi connectivity index (χ0n) is 12.9. The van der Waals surface area contributed by atoms with Gasteiger partial charge in [-0.05, 0) is 43.9 Å². The summed E-state index contributed by atoms with van der Waals surface area (Å²) >= 11 is 3.51. The third-order valence-corrected chi connectivity index (χ3v) is 5.78. The molecule has 2 aromatic rings. The van der Waals surface area contributed by atoms with Crippen molar-refractivity contribution < 1.29 is 0 Å². The summed E-state index contributed by atoms with van der Waals surface area (Å²) in [6.45, 7) is 3.25. The number of aromatic nitrogens is 2. The third kappa shape index (κ3) is 3.19. The molecule has 1 aliphatic rings. The molecule has 0 aromatic carbocycles. The van der Waals surface area contributed by atoms with Gasteiger partial charge in [-0.3, -0.25) is 0 Å². The molecule has 3 nitrogen and oxygen atoms in total. The van der Waals surface area contributed by atoms with Crippen LogP contribution in [0.15, 0.2) is 5.16 Å². The van der Waals surface area contributed by atoms with Crippen LogP contribution in [0.25, 0.3) is 10.2 Å². The molecule has 0 amide bonds. The number of hydrogen-bond donors (Lipinski definition) is 1. The van der Waals surface area contributed by atoms with Crippen LogP contribution in [0.4, 0.5) is 5.82 Å². The zero-order chi connectivity index (χ0) is 14.7. The van der Waals surface area contributed by atoms with Crippen LogP contribution in [0.5, 0.6) is 0 Å². The number of nitrogens with one attached hydrogen (secondary N) is 1. The molecule has 0 saturated carbocycles. The standard InChI is InChI=1S/C16H23N3S2/c1-3-4-7-10-17-14-13-11-8-5-6-9-12(11)21-15(13)19-16(18-14)20-2/h3-10H2,1-2H3,(H,17,18,19). The van der Waals surface area contributed by atoms with Crippen molar-refractivity contribution in [1.82, 2.24) is 9.97 Å². The number of fused-ring (bicyclic) bond motifs is 3. The van der Waals surface area contributed by atoms with Crippen LogP contribution in [-0.2, 0) is 12.8 Å². The molecule has 3 rings (SSSR count). The quantitative estimate of drug-likeness (QED) is 0.467. The molecule has 0 saturated heterocycles. The average molecular weight is 322 g/mol. The highest BCUT2D eigenvalue weighted by Crippen LogP contribution is 2.39. The molecule has 0 spiro atoms. The van der Waals surface area contributed by atoms with E-state index < -0.39 is 0 Å². The van der Waals surface area contributed by atoms with Crippen LogP contribution >= 0.6 is 23.1 Å². The number of thiophene rings is 1. The molecular formula is C16H23N3S2. The SMILES string of the molecule is CCCCCNc1nc(SC)nc2sc3c(c12)CCCC3. The van der Waals surface area contributed by atoms with E-state index >= 15 is 0 Å². The van der Waals surface area contributed by atoms with Gasteiger partial charge in [-0.2, -0.15) is 0 Å². The average Bonchev–Trinajstić information content (AvgIpc) is 2.89. The maximum atomic E-state index is 4.74. The van der Waals surface area contributed by atoms with Crippen LogP contribution < -0.4 is 5.32 Å². The van der Waals surface area contributed by atoms with Gasteiger partial charge >= 0.3 is 0 Å². The fourth-order valence-corrected chi connectivity index (χ4v) is 4.62. The molecule has 5 heteroatoms. The van der Waals surface area contributed by atoms with Crippen LogP contribution in [0.3, 0.4) is 0 Å². The van der Waals surface area contributed by atoms with E-state index in [9.17, 15) is 0 Å². The van der Waals surface area contributed by atoms with Gasteiger partial charge in [0.05, 0.1) is 5.39 Å². The Kier molecular flexibility index (Phi) is 5.01. The number of nitrogens with zero attached hydrogens (tertiary/aromatic N) is 2. The maximum Gasteiger partial charge on any atom is 0.190 e. The zero-order valence-corrected chi connectivity index (χ0v) is 14.5. The molecule has 1 aliphatic carbocycles. The molecule has 2 heterocycles. The van der Waals surface area contributed by atoms with Crippen molar-refractivity contribution in [3.05, 3.63) is 10.4 Å². The lowest BCUT2D eigenvalue weighted by molar-refractivity contribution is 0.700. The third-order valence-electron chi connectivity index (χ3n) is 4.05. The summed E-state index contributed by atoms with van der Waals surface area (Å²) in [6.07, 6.45) is 10.8. The minimum Gasteiger partial charge on any atom is -0.369 e. The van der Waals surface area contributed by atoms with Gasteiger partial charge < -0.3 is 5.32 Å². The van der Waals surface area contributed by atoms with E-state index in [0.717, 1.165) is 17.5 Å². The summed E-state index contributed by atoms with van der Waals surface area (Å²) in [7, 11) is 0. The summed E-state index contributed by atoms with van der Waals surface area (Å²) in [4.78, 5) is 12.2. The van der Waals surface area contributed by atoms with Gasteiger partial charge in [0.1, 0.15) is 10.6 Å². The Hall–Kier alpha value is -0.810. The Labute approximate surface area is 135 Å². The fourth-order valence-electron chi connectivity index (χ4n) is 2.94. The lowest BCUT2D eigenvalue weighted by atomic mass is 9.97. The van der Waals surface area contributed by atoms with Crippen molar-refractivity contribution in [2.45, 2.75) is 57.0 Å². The van der Waals surface area contributed by atoms with Crippen molar-refractivity contribution in [1.29, 1.82) is 0 Å². The molecule has 0 atom stereocenters. The Morgan fingerprint density at radius 3 is 2.86 bits per heavy atom. The summed E-state index contributed by atoms with van der Waals surface area (Å²) < 4.78 is 0. The highest BCUT2D eigenvalue weighted by atomic mass is 32.2. The normalized spacial score (nSPS) is 14.4. The van der Waals surface area contributed by atoms with E-state index in [1.54, 1.807) is 16.6 Å². The van der Waals surface area contributed by atoms with Crippen molar-refractivity contribution in [2.24, 2.45) is 0 Å². The van der Waals surface area contributed by atoms with Crippen molar-refractivity contribution in [3.8, 4) is 0 Å². The van der Waals surface area contributed by atoms with Gasteiger partial charge in [0.25, 0.3) is 0 Å². The van der Waals surface area contributed by atoms with E-state index in [0.29, 0.717) is 0 Å². The number of rotatable bonds is 6. The Balaban J connectivity index is 1.96. The van der Waals surface area contributed by atoms with Gasteiger partial charge in [-0.15, -0.1) is 11.3 Å². The van der Waals surface area contributed by atoms with Gasteiger partial charge in [-0.25, -0.2) is 9.97 Å². The summed E-state index contributed by atoms with van der Waals surface area (Å²) in [6, 6.07) is 0. The molecule has 0 aliphatic heterocycles. The van der Waals surface area contributed by atoms with Crippen LogP contribution in [0.1, 0.15) is 49.5 Å². The van der Waals surface area contributed by atoms with Gasteiger partial charge in [0.2, 0.25) is 0 Å². The molecule has 2 aromatic heterocycles. The minimum absolute atomic E-state index is 0.888. The first kappa shape index (κ1) is 15.1. The molecular weight excluding hydrogens is 298 g/mol. The van der Waals surface area contributed by atoms with E-state index in [-0.39, 0.29) is 0 Å². The first-order valence-corrected chi connectivity index (χ1v) is 9.97. The summed E-state index contributed by atoms with van der Waals surface area (Å²) in [5, 5.41) is 5.77. The number of hydrogen-bond acceptors (Lipinski definition) is 5. The maximum absolute atomic E-state index is 4.74. The topological polar surface area (TPSA) is 37.8 Å². The summed E-state index contributed by atoms with van der Waals surface area (Å²) in [5.74, 6) is 1.07. The van der Waals surface area contributed by atoms with E-state index in [1.165, 1.54) is 60.7 Å². The second-order valence-electron chi connectivity index (χ2n) is 5.58. The predicted octanol–water partition coefficient (Wildman–Crippen LogP) is 4.89. The smallest absolute Gasteiger partial charge is 0.190 e. The molecule has 1 N–H and O–H groups in total. The van der Waals surface area contributed by atoms with Gasteiger partial charge in [0, 0.05) is 11.4 Å². The first-order chi connectivity index (χ1) is 10.3. The summed E-state index contributed by atoms with van der Waals surface area (Å²) in [5.41, 5.74) is 1.52. The highest BCUT2D eigenvalue weighted by Gasteiger charge is 2.20. The molecule has 21 heavy (non-hydrogen) atoms. The highest BCUT2D eigenvalue weighted by molar-refractivity contribution is 7.98. The minimum atomic E-state index is 0.888. The second-order valence-corrected chi connectivity index (χ2v) is 7.44. The number of anilines is 1. The van der Waals surface area contributed by atoms with E-state index in [1.807, 2.05) is 11.3 Å². The van der Waals surface area contributed by atoms with Crippen LogP contribution in [0, 0.1) is 0 Å². The Morgan fingerprint density at radius 1 is 1.19 bits per heavy atom. The van der Waals surface area contributed by atoms with E-state index in [2.05, 4.69) is 18.5 Å². The number of unbranched alkanes of at least 4 members (excludes halogenated alkanes) is 2. The van der Waals surface area contributed by atoms with Gasteiger partial charge in [0.15, 0.2) is 5.16 Å². The molecule has 114 valence electrons. The van der Waals surface area contributed by atoms with Crippen molar-refractivity contribution >= 4 is 39.1 Å². The molecule has 0 unspecified atom stereocenters. The largest absolute Gasteiger partial charge is 0.369 e. The van der Waals surface area contributed by atoms with Crippen molar-refractivity contribution in [3.63, 3.8) is 0 Å². The fraction of sp³-hybridized carbons (Fsp3) is 0.625. The number of aryl methyl sites for hydroxylation is 2. The molecule has 0 fully saturated rings. The van der Waals surface area contributed by atoms with E-state index in [4.69, 9.17) is 9.97 Å². The monoisotopic (exact) mass is 321 g/mol. The van der Waals surface area contributed by atoms with Crippen molar-refractivity contribution in [2.75, 3.05) is 18.1 Å². The Bertz CT molecular complexity index is 621.